The van der Waals surface area contributed by atoms with E-state index in [1.54, 1.807) is 0 Å². The molecule has 18 heavy (non-hydrogen) atoms. The highest BCUT2D eigenvalue weighted by Gasteiger charge is 2.26. The molecule has 1 aliphatic rings. The number of nitrogens with zero attached hydrogens (tertiary/aromatic N) is 1. The van der Waals surface area contributed by atoms with Crippen LogP contribution in [0.15, 0.2) is 27.1 Å². The van der Waals surface area contributed by atoms with Crippen molar-refractivity contribution in [1.29, 1.82) is 0 Å². The van der Waals surface area contributed by atoms with Crippen molar-refractivity contribution in [2.75, 3.05) is 19.7 Å². The smallest absolute Gasteiger partial charge is 0.324 e. The van der Waals surface area contributed by atoms with E-state index in [1.165, 1.54) is 0 Å². The van der Waals surface area contributed by atoms with Gasteiger partial charge in [-0.15, -0.1) is 0 Å². The average Bonchev–Trinajstić information content (AvgIpc) is 2.74. The van der Waals surface area contributed by atoms with E-state index in [0.717, 1.165) is 13.8 Å². The Morgan fingerprint density at radius 3 is 2.61 bits per heavy atom. The number of benzene rings is 1. The lowest BCUT2D eigenvalue weighted by atomic mass is 10.3. The summed E-state index contributed by atoms with van der Waals surface area (Å²) >= 11 is 6.67. The third-order valence-electron chi connectivity index (χ3n) is 2.42. The van der Waals surface area contributed by atoms with Crippen LogP contribution in [0.5, 0.6) is 5.75 Å². The van der Waals surface area contributed by atoms with Crippen LogP contribution in [0.1, 0.15) is 0 Å². The SMILES string of the molecule is O=C(COc1c(Br)cccc1Br)N1CCNC1=O. The normalized spacial score (nSPS) is 14.6. The van der Waals surface area contributed by atoms with Crippen LogP contribution in [0, 0.1) is 0 Å². The molecule has 1 aromatic carbocycles. The number of carbonyl (C=O) groups is 2. The molecule has 0 saturated carbocycles. The fraction of sp³-hybridized carbons (Fsp3) is 0.273. The van der Waals surface area contributed by atoms with Gasteiger partial charge in [0.1, 0.15) is 5.75 Å². The number of hydrogen-bond acceptors (Lipinski definition) is 3. The molecule has 0 aliphatic carbocycles. The Bertz CT molecular complexity index is 473. The number of urea groups is 1. The van der Waals surface area contributed by atoms with Gasteiger partial charge in [0.05, 0.1) is 8.95 Å². The molecule has 0 spiro atoms. The van der Waals surface area contributed by atoms with Crippen molar-refractivity contribution >= 4 is 43.8 Å². The maximum atomic E-state index is 11.8. The summed E-state index contributed by atoms with van der Waals surface area (Å²) in [6, 6.07) is 5.10. The van der Waals surface area contributed by atoms with E-state index < -0.39 is 0 Å². The predicted octanol–water partition coefficient (Wildman–Crippen LogP) is 2.14. The van der Waals surface area contributed by atoms with Gasteiger partial charge in [-0.05, 0) is 44.0 Å². The molecule has 1 saturated heterocycles. The molecule has 0 radical (unpaired) electrons. The van der Waals surface area contributed by atoms with Gasteiger partial charge in [0.15, 0.2) is 6.61 Å². The van der Waals surface area contributed by atoms with Gasteiger partial charge < -0.3 is 10.1 Å². The van der Waals surface area contributed by atoms with Crippen molar-refractivity contribution in [2.45, 2.75) is 0 Å². The summed E-state index contributed by atoms with van der Waals surface area (Å²) in [7, 11) is 0. The van der Waals surface area contributed by atoms with E-state index in [2.05, 4.69) is 37.2 Å². The highest BCUT2D eigenvalue weighted by molar-refractivity contribution is 9.11. The molecule has 1 aromatic rings. The minimum Gasteiger partial charge on any atom is -0.481 e. The van der Waals surface area contributed by atoms with Crippen LogP contribution in [-0.4, -0.2) is 36.5 Å². The third-order valence-corrected chi connectivity index (χ3v) is 3.67. The summed E-state index contributed by atoms with van der Waals surface area (Å²) < 4.78 is 6.92. The second-order valence-electron chi connectivity index (χ2n) is 3.62. The topological polar surface area (TPSA) is 58.6 Å². The largest absolute Gasteiger partial charge is 0.481 e. The molecule has 3 amide bonds. The van der Waals surface area contributed by atoms with Crippen molar-refractivity contribution in [3.05, 3.63) is 27.1 Å². The average molecular weight is 378 g/mol. The van der Waals surface area contributed by atoms with Crippen molar-refractivity contribution in [3.8, 4) is 5.75 Å². The van der Waals surface area contributed by atoms with Gasteiger partial charge in [-0.2, -0.15) is 0 Å². The number of rotatable bonds is 3. The molecule has 1 N–H and O–H groups in total. The van der Waals surface area contributed by atoms with E-state index in [0.29, 0.717) is 18.8 Å². The second-order valence-corrected chi connectivity index (χ2v) is 5.33. The van der Waals surface area contributed by atoms with Gasteiger partial charge in [-0.25, -0.2) is 4.79 Å². The first-order valence-corrected chi connectivity index (χ1v) is 6.83. The Morgan fingerprint density at radius 2 is 2.06 bits per heavy atom. The highest BCUT2D eigenvalue weighted by atomic mass is 79.9. The summed E-state index contributed by atoms with van der Waals surface area (Å²) in [6.07, 6.45) is 0. The van der Waals surface area contributed by atoms with Crippen molar-refractivity contribution in [1.82, 2.24) is 10.2 Å². The van der Waals surface area contributed by atoms with Crippen LogP contribution < -0.4 is 10.1 Å². The quantitative estimate of drug-likeness (QED) is 0.877. The molecule has 1 fully saturated rings. The van der Waals surface area contributed by atoms with Gasteiger partial charge in [-0.1, -0.05) is 6.07 Å². The summed E-state index contributed by atoms with van der Waals surface area (Å²) in [5.74, 6) is 0.193. The van der Waals surface area contributed by atoms with Crippen LogP contribution in [0.3, 0.4) is 0 Å². The zero-order valence-electron chi connectivity index (χ0n) is 9.28. The molecule has 5 nitrogen and oxygen atoms in total. The molecule has 0 atom stereocenters. The summed E-state index contributed by atoms with van der Waals surface area (Å²) in [5, 5.41) is 2.56. The molecule has 1 aliphatic heterocycles. The lowest BCUT2D eigenvalue weighted by molar-refractivity contribution is -0.129. The number of imide groups is 1. The lowest BCUT2D eigenvalue weighted by Gasteiger charge is -2.14. The standard InChI is InChI=1S/C11H10Br2N2O3/c12-7-2-1-3-8(13)10(7)18-6-9(16)15-5-4-14-11(15)17/h1-3H,4-6H2,(H,14,17). The number of halogens is 2. The van der Waals surface area contributed by atoms with Gasteiger partial charge in [-0.3, -0.25) is 9.69 Å². The van der Waals surface area contributed by atoms with Crippen LogP contribution in [-0.2, 0) is 4.79 Å². The van der Waals surface area contributed by atoms with Gasteiger partial charge in [0.25, 0.3) is 5.91 Å². The Morgan fingerprint density at radius 1 is 1.39 bits per heavy atom. The number of ether oxygens (including phenoxy) is 1. The highest BCUT2D eigenvalue weighted by Crippen LogP contribution is 2.32. The van der Waals surface area contributed by atoms with Crippen LogP contribution >= 0.6 is 31.9 Å². The lowest BCUT2D eigenvalue weighted by Crippen LogP contribution is -2.37. The minimum absolute atomic E-state index is 0.172. The van der Waals surface area contributed by atoms with Crippen LogP contribution in [0.25, 0.3) is 0 Å². The number of carbonyl (C=O) groups excluding carboxylic acids is 2. The first-order chi connectivity index (χ1) is 8.59. The Kier molecular flexibility index (Phi) is 4.23. The molecular formula is C11H10Br2N2O3. The first kappa shape index (κ1) is 13.4. The van der Waals surface area contributed by atoms with E-state index in [9.17, 15) is 9.59 Å². The fourth-order valence-corrected chi connectivity index (χ4v) is 2.77. The summed E-state index contributed by atoms with van der Waals surface area (Å²) in [6.45, 7) is 0.704. The minimum atomic E-state index is -0.366. The fourth-order valence-electron chi connectivity index (χ4n) is 1.54. The van der Waals surface area contributed by atoms with E-state index in [1.807, 2.05) is 18.2 Å². The molecule has 1 heterocycles. The van der Waals surface area contributed by atoms with Crippen molar-refractivity contribution < 1.29 is 14.3 Å². The van der Waals surface area contributed by atoms with Gasteiger partial charge in [0, 0.05) is 13.1 Å². The number of nitrogens with one attached hydrogen (secondary N) is 1. The summed E-state index contributed by atoms with van der Waals surface area (Å²) in [5.41, 5.74) is 0. The van der Waals surface area contributed by atoms with E-state index in [-0.39, 0.29) is 18.5 Å². The summed E-state index contributed by atoms with van der Waals surface area (Å²) in [4.78, 5) is 24.2. The second kappa shape index (κ2) is 5.71. The molecule has 0 bridgehead atoms. The molecule has 2 rings (SSSR count). The maximum absolute atomic E-state index is 11.8. The molecular weight excluding hydrogens is 368 g/mol. The van der Waals surface area contributed by atoms with Gasteiger partial charge in [0.2, 0.25) is 0 Å². The van der Waals surface area contributed by atoms with Crippen molar-refractivity contribution in [3.63, 3.8) is 0 Å². The zero-order chi connectivity index (χ0) is 13.1. The monoisotopic (exact) mass is 376 g/mol. The van der Waals surface area contributed by atoms with E-state index >= 15 is 0 Å². The molecule has 0 unspecified atom stereocenters. The molecule has 0 aromatic heterocycles. The van der Waals surface area contributed by atoms with Crippen LogP contribution in [0.2, 0.25) is 0 Å². The number of amides is 3. The van der Waals surface area contributed by atoms with Crippen LogP contribution in [0.4, 0.5) is 4.79 Å². The molecule has 96 valence electrons. The van der Waals surface area contributed by atoms with Gasteiger partial charge >= 0.3 is 6.03 Å². The Balaban J connectivity index is 1.99. The predicted molar refractivity (Wildman–Crippen MR) is 72.4 cm³/mol. The van der Waals surface area contributed by atoms with E-state index in [4.69, 9.17) is 4.74 Å². The Hall–Kier alpha value is -1.08. The van der Waals surface area contributed by atoms with Crippen molar-refractivity contribution in [2.24, 2.45) is 0 Å². The Labute approximate surface area is 121 Å². The number of para-hydroxylation sites is 1. The maximum Gasteiger partial charge on any atom is 0.324 e. The molecule has 7 heteroatoms. The first-order valence-electron chi connectivity index (χ1n) is 5.24. The third kappa shape index (κ3) is 2.84. The number of hydrogen-bond donors (Lipinski definition) is 1. The zero-order valence-corrected chi connectivity index (χ0v) is 12.5.